The van der Waals surface area contributed by atoms with Gasteiger partial charge in [-0.3, -0.25) is 4.90 Å². The van der Waals surface area contributed by atoms with E-state index >= 15 is 0 Å². The summed E-state index contributed by atoms with van der Waals surface area (Å²) in [6.45, 7) is 4.58. The standard InChI is InChI=1S/C18H24N8O3/c1-23(5-6-24-7-9-25(10-8-24)18(27)28-2)14-12-15-20-16(13-4-3-11-29-13)22-26(15)17(19)21-14/h3-4,11-12H,5-10H2,1-2H3,(H2,19,21). The number of hydrogen-bond donors (Lipinski definition) is 1. The first-order chi connectivity index (χ1) is 14.0. The van der Waals surface area contributed by atoms with Crippen molar-refractivity contribution in [1.29, 1.82) is 0 Å². The molecular formula is C18H24N8O3. The predicted octanol–water partition coefficient (Wildman–Crippen LogP) is 0.787. The molecule has 0 radical (unpaired) electrons. The average Bonchev–Trinajstić information content (AvgIpc) is 3.41. The summed E-state index contributed by atoms with van der Waals surface area (Å²) in [6.07, 6.45) is 1.31. The van der Waals surface area contributed by atoms with Gasteiger partial charge in [0.05, 0.1) is 13.4 Å². The van der Waals surface area contributed by atoms with Gasteiger partial charge in [0.2, 0.25) is 11.8 Å². The number of ether oxygens (including phenoxy) is 1. The third kappa shape index (κ3) is 3.94. The molecule has 0 aromatic carbocycles. The second kappa shape index (κ2) is 7.95. The molecule has 2 N–H and O–H groups in total. The van der Waals surface area contributed by atoms with Crippen LogP contribution in [0.5, 0.6) is 0 Å². The van der Waals surface area contributed by atoms with Crippen LogP contribution in [0.25, 0.3) is 17.2 Å². The van der Waals surface area contributed by atoms with Crippen LogP contribution in [0, 0.1) is 0 Å². The molecule has 11 heteroatoms. The Labute approximate surface area is 167 Å². The van der Waals surface area contributed by atoms with Gasteiger partial charge in [0.15, 0.2) is 11.4 Å². The van der Waals surface area contributed by atoms with E-state index in [0.717, 1.165) is 32.0 Å². The Kier molecular flexibility index (Phi) is 5.21. The lowest BCUT2D eigenvalue weighted by Gasteiger charge is -2.34. The zero-order chi connectivity index (χ0) is 20.4. The molecule has 4 rings (SSSR count). The van der Waals surface area contributed by atoms with Crippen LogP contribution in [0.4, 0.5) is 16.6 Å². The van der Waals surface area contributed by atoms with Crippen molar-refractivity contribution in [2.75, 3.05) is 64.1 Å². The molecule has 1 fully saturated rings. The van der Waals surface area contributed by atoms with E-state index in [1.165, 1.54) is 11.6 Å². The van der Waals surface area contributed by atoms with E-state index in [-0.39, 0.29) is 12.0 Å². The molecule has 3 aromatic heterocycles. The smallest absolute Gasteiger partial charge is 0.409 e. The van der Waals surface area contributed by atoms with Crippen LogP contribution >= 0.6 is 0 Å². The number of rotatable bonds is 5. The van der Waals surface area contributed by atoms with Crippen LogP contribution in [0.1, 0.15) is 0 Å². The summed E-state index contributed by atoms with van der Waals surface area (Å²) >= 11 is 0. The second-order valence-electron chi connectivity index (χ2n) is 6.88. The normalized spacial score (nSPS) is 15.0. The molecule has 1 aliphatic heterocycles. The van der Waals surface area contributed by atoms with E-state index in [9.17, 15) is 4.79 Å². The molecule has 0 unspecified atom stereocenters. The molecule has 0 saturated carbocycles. The molecule has 29 heavy (non-hydrogen) atoms. The van der Waals surface area contributed by atoms with Crippen molar-refractivity contribution in [3.05, 3.63) is 24.5 Å². The number of piperazine rings is 1. The van der Waals surface area contributed by atoms with Gasteiger partial charge >= 0.3 is 6.09 Å². The third-order valence-electron chi connectivity index (χ3n) is 5.03. The van der Waals surface area contributed by atoms with E-state index in [4.69, 9.17) is 14.9 Å². The van der Waals surface area contributed by atoms with E-state index in [2.05, 4.69) is 20.0 Å². The number of amides is 1. The highest BCUT2D eigenvalue weighted by Crippen LogP contribution is 2.20. The fourth-order valence-electron chi connectivity index (χ4n) is 3.29. The molecule has 0 atom stereocenters. The molecular weight excluding hydrogens is 376 g/mol. The van der Waals surface area contributed by atoms with E-state index < -0.39 is 0 Å². The largest absolute Gasteiger partial charge is 0.461 e. The number of anilines is 2. The number of nitrogens with two attached hydrogens (primary N) is 1. The summed E-state index contributed by atoms with van der Waals surface area (Å²) in [5.41, 5.74) is 6.70. The molecule has 0 bridgehead atoms. The van der Waals surface area contributed by atoms with E-state index in [1.807, 2.05) is 18.0 Å². The van der Waals surface area contributed by atoms with Crippen LogP contribution in [-0.2, 0) is 4.74 Å². The average molecular weight is 400 g/mol. The number of carbonyl (C=O) groups is 1. The quantitative estimate of drug-likeness (QED) is 0.663. The van der Waals surface area contributed by atoms with Crippen LogP contribution in [0.2, 0.25) is 0 Å². The molecule has 0 spiro atoms. The van der Waals surface area contributed by atoms with Gasteiger partial charge in [0.1, 0.15) is 5.82 Å². The first-order valence-corrected chi connectivity index (χ1v) is 9.38. The van der Waals surface area contributed by atoms with Gasteiger partial charge in [-0.1, -0.05) is 0 Å². The van der Waals surface area contributed by atoms with Crippen molar-refractivity contribution in [3.8, 4) is 11.6 Å². The number of aromatic nitrogens is 4. The zero-order valence-electron chi connectivity index (χ0n) is 16.5. The van der Waals surface area contributed by atoms with Gasteiger partial charge in [-0.05, 0) is 12.1 Å². The zero-order valence-corrected chi connectivity index (χ0v) is 16.5. The topological polar surface area (TPSA) is 118 Å². The van der Waals surface area contributed by atoms with Crippen LogP contribution < -0.4 is 10.6 Å². The second-order valence-corrected chi connectivity index (χ2v) is 6.88. The first kappa shape index (κ1) is 19.0. The fraction of sp³-hybridized carbons (Fsp3) is 0.444. The van der Waals surface area contributed by atoms with Crippen molar-refractivity contribution in [2.24, 2.45) is 0 Å². The maximum Gasteiger partial charge on any atom is 0.409 e. The Morgan fingerprint density at radius 2 is 2.10 bits per heavy atom. The molecule has 0 aliphatic carbocycles. The number of hydrogen-bond acceptors (Lipinski definition) is 9. The van der Waals surface area contributed by atoms with Gasteiger partial charge in [0, 0.05) is 52.4 Å². The van der Waals surface area contributed by atoms with E-state index in [1.54, 1.807) is 23.3 Å². The minimum Gasteiger partial charge on any atom is -0.461 e. The predicted molar refractivity (Wildman–Crippen MR) is 107 cm³/mol. The molecule has 1 aliphatic rings. The first-order valence-electron chi connectivity index (χ1n) is 9.38. The lowest BCUT2D eigenvalue weighted by atomic mass is 10.3. The molecule has 1 saturated heterocycles. The Bertz CT molecular complexity index is 979. The summed E-state index contributed by atoms with van der Waals surface area (Å²) in [4.78, 5) is 26.6. The SMILES string of the molecule is COC(=O)N1CCN(CCN(C)c2cc3nc(-c4ccco4)nn3c(N)n2)CC1. The lowest BCUT2D eigenvalue weighted by Crippen LogP contribution is -2.50. The molecule has 4 heterocycles. The minimum absolute atomic E-state index is 0.265. The van der Waals surface area contributed by atoms with Crippen LogP contribution in [0.3, 0.4) is 0 Å². The maximum absolute atomic E-state index is 11.6. The highest BCUT2D eigenvalue weighted by molar-refractivity contribution is 5.67. The van der Waals surface area contributed by atoms with Crippen molar-refractivity contribution < 1.29 is 13.9 Å². The van der Waals surface area contributed by atoms with Gasteiger partial charge in [-0.25, -0.2) is 9.78 Å². The molecule has 3 aromatic rings. The van der Waals surface area contributed by atoms with Gasteiger partial charge in [-0.15, -0.1) is 5.10 Å². The number of carbonyl (C=O) groups excluding carboxylic acids is 1. The van der Waals surface area contributed by atoms with Crippen molar-refractivity contribution in [1.82, 2.24) is 29.4 Å². The number of likely N-dealkylation sites (N-methyl/N-ethyl adjacent to an activating group) is 1. The van der Waals surface area contributed by atoms with Gasteiger partial charge in [0.25, 0.3) is 0 Å². The van der Waals surface area contributed by atoms with Crippen LogP contribution in [-0.4, -0.2) is 88.9 Å². The van der Waals surface area contributed by atoms with Crippen LogP contribution in [0.15, 0.2) is 28.9 Å². The molecule has 154 valence electrons. The number of nitrogens with zero attached hydrogens (tertiary/aromatic N) is 7. The minimum atomic E-state index is -0.267. The summed E-state index contributed by atoms with van der Waals surface area (Å²) in [6, 6.07) is 5.43. The molecule has 11 nitrogen and oxygen atoms in total. The van der Waals surface area contributed by atoms with Crippen molar-refractivity contribution >= 4 is 23.5 Å². The molecule has 1 amide bonds. The maximum atomic E-state index is 11.6. The van der Waals surface area contributed by atoms with Gasteiger partial charge < -0.3 is 24.7 Å². The summed E-state index contributed by atoms with van der Waals surface area (Å²) in [5.74, 6) is 2.03. The number of nitrogen functional groups attached to an aromatic ring is 1. The summed E-state index contributed by atoms with van der Waals surface area (Å²) in [7, 11) is 3.37. The summed E-state index contributed by atoms with van der Waals surface area (Å²) < 4.78 is 11.6. The Morgan fingerprint density at radius 1 is 1.31 bits per heavy atom. The Balaban J connectivity index is 1.40. The Hall–Kier alpha value is -3.34. The highest BCUT2D eigenvalue weighted by Gasteiger charge is 2.21. The summed E-state index contributed by atoms with van der Waals surface area (Å²) in [5, 5.41) is 4.36. The number of fused-ring (bicyclic) bond motifs is 1. The number of furan rings is 1. The monoisotopic (exact) mass is 400 g/mol. The van der Waals surface area contributed by atoms with Gasteiger partial charge in [-0.2, -0.15) is 9.50 Å². The fourth-order valence-corrected chi connectivity index (χ4v) is 3.29. The Morgan fingerprint density at radius 3 is 2.79 bits per heavy atom. The number of methoxy groups -OCH3 is 1. The van der Waals surface area contributed by atoms with Crippen molar-refractivity contribution in [2.45, 2.75) is 0 Å². The van der Waals surface area contributed by atoms with Crippen molar-refractivity contribution in [3.63, 3.8) is 0 Å². The third-order valence-corrected chi connectivity index (χ3v) is 5.03. The lowest BCUT2D eigenvalue weighted by molar-refractivity contribution is 0.0919. The highest BCUT2D eigenvalue weighted by atomic mass is 16.5. The van der Waals surface area contributed by atoms with E-state index in [0.29, 0.717) is 30.3 Å².